The van der Waals surface area contributed by atoms with Gasteiger partial charge in [-0.3, -0.25) is 4.79 Å². The molecular weight excluding hydrogens is 324 g/mol. The third kappa shape index (κ3) is 4.54. The van der Waals surface area contributed by atoms with E-state index in [2.05, 4.69) is 5.32 Å². The van der Waals surface area contributed by atoms with Crippen LogP contribution in [-0.4, -0.2) is 33.8 Å². The van der Waals surface area contributed by atoms with Crippen LogP contribution in [0.1, 0.15) is 5.56 Å². The summed E-state index contributed by atoms with van der Waals surface area (Å²) in [5.74, 6) is 1.50. The molecule has 2 aromatic carbocycles. The van der Waals surface area contributed by atoms with Crippen molar-refractivity contribution in [1.29, 1.82) is 5.26 Å². The highest BCUT2D eigenvalue weighted by Crippen LogP contribution is 2.30. The molecule has 2 rings (SSSR count). The van der Waals surface area contributed by atoms with Crippen LogP contribution >= 0.6 is 0 Å². The number of carbonyl (C=O) groups excluding carboxylic acids is 1. The number of carbonyl (C=O) groups is 1. The highest BCUT2D eigenvalue weighted by molar-refractivity contribution is 5.92. The van der Waals surface area contributed by atoms with Crippen molar-refractivity contribution in [2.75, 3.05) is 33.3 Å². The van der Waals surface area contributed by atoms with Gasteiger partial charge in [0.25, 0.3) is 5.91 Å². The van der Waals surface area contributed by atoms with Crippen molar-refractivity contribution in [1.82, 2.24) is 0 Å². The molecule has 25 heavy (non-hydrogen) atoms. The quantitative estimate of drug-likeness (QED) is 0.832. The average molecular weight is 342 g/mol. The van der Waals surface area contributed by atoms with Crippen LogP contribution in [0.5, 0.6) is 23.0 Å². The molecule has 0 saturated carbocycles. The Labute approximate surface area is 145 Å². The minimum absolute atomic E-state index is 0.212. The summed E-state index contributed by atoms with van der Waals surface area (Å²) in [6, 6.07) is 11.8. The van der Waals surface area contributed by atoms with Gasteiger partial charge in [0, 0.05) is 17.8 Å². The highest BCUT2D eigenvalue weighted by atomic mass is 16.5. The van der Waals surface area contributed by atoms with Crippen LogP contribution in [0.3, 0.4) is 0 Å². The predicted octanol–water partition coefficient (Wildman–Crippen LogP) is 2.60. The maximum absolute atomic E-state index is 12.1. The lowest BCUT2D eigenvalue weighted by atomic mass is 10.2. The molecular formula is C18H18N2O5. The number of methoxy groups -OCH3 is 3. The van der Waals surface area contributed by atoms with E-state index in [1.165, 1.54) is 21.3 Å². The van der Waals surface area contributed by atoms with Crippen molar-refractivity contribution >= 4 is 11.6 Å². The molecule has 0 atom stereocenters. The molecule has 1 N–H and O–H groups in total. The van der Waals surface area contributed by atoms with Gasteiger partial charge >= 0.3 is 0 Å². The number of hydrogen-bond donors (Lipinski definition) is 1. The minimum atomic E-state index is -0.348. The van der Waals surface area contributed by atoms with E-state index in [1.54, 1.807) is 36.4 Å². The molecule has 2 aromatic rings. The Hall–Kier alpha value is -3.40. The topological polar surface area (TPSA) is 89.8 Å². The minimum Gasteiger partial charge on any atom is -0.493 e. The number of hydrogen-bond acceptors (Lipinski definition) is 6. The number of rotatable bonds is 7. The zero-order valence-electron chi connectivity index (χ0n) is 14.2. The molecule has 0 aliphatic carbocycles. The van der Waals surface area contributed by atoms with Crippen LogP contribution in [0, 0.1) is 11.3 Å². The second-order valence-corrected chi connectivity index (χ2v) is 4.88. The Balaban J connectivity index is 2.01. The van der Waals surface area contributed by atoms with Crippen LogP contribution in [-0.2, 0) is 4.79 Å². The Morgan fingerprint density at radius 3 is 2.24 bits per heavy atom. The first kappa shape index (κ1) is 17.9. The smallest absolute Gasteiger partial charge is 0.262 e. The second-order valence-electron chi connectivity index (χ2n) is 4.88. The van der Waals surface area contributed by atoms with Crippen LogP contribution in [0.2, 0.25) is 0 Å². The summed E-state index contributed by atoms with van der Waals surface area (Å²) in [6.07, 6.45) is 0. The van der Waals surface area contributed by atoms with Crippen molar-refractivity contribution in [3.8, 4) is 29.1 Å². The maximum atomic E-state index is 12.1. The molecule has 0 aromatic heterocycles. The third-order valence-corrected chi connectivity index (χ3v) is 3.32. The maximum Gasteiger partial charge on any atom is 0.262 e. The van der Waals surface area contributed by atoms with E-state index < -0.39 is 0 Å². The summed E-state index contributed by atoms with van der Waals surface area (Å²) >= 11 is 0. The number of nitriles is 1. The third-order valence-electron chi connectivity index (χ3n) is 3.32. The molecule has 7 nitrogen and oxygen atoms in total. The van der Waals surface area contributed by atoms with E-state index in [4.69, 9.17) is 24.2 Å². The molecule has 0 spiro atoms. The van der Waals surface area contributed by atoms with Crippen LogP contribution < -0.4 is 24.3 Å². The van der Waals surface area contributed by atoms with Crippen molar-refractivity contribution < 1.29 is 23.7 Å². The Bertz CT molecular complexity index is 799. The molecule has 0 radical (unpaired) electrons. The van der Waals surface area contributed by atoms with Crippen molar-refractivity contribution in [3.63, 3.8) is 0 Å². The molecule has 7 heteroatoms. The van der Waals surface area contributed by atoms with Crippen LogP contribution in [0.4, 0.5) is 5.69 Å². The van der Waals surface area contributed by atoms with E-state index >= 15 is 0 Å². The van der Waals surface area contributed by atoms with E-state index in [-0.39, 0.29) is 12.5 Å². The summed E-state index contributed by atoms with van der Waals surface area (Å²) in [4.78, 5) is 12.1. The number of benzene rings is 2. The Morgan fingerprint density at radius 1 is 0.960 bits per heavy atom. The standard InChI is InChI=1S/C18H18N2O5/c1-22-14-7-5-13(9-17(14)24-3)20-18(21)11-25-15-6-4-12(10-19)8-16(15)23-2/h4-9H,11H2,1-3H3,(H,20,21). The largest absolute Gasteiger partial charge is 0.493 e. The molecule has 1 amide bonds. The van der Waals surface area contributed by atoms with Crippen molar-refractivity contribution in [3.05, 3.63) is 42.0 Å². The highest BCUT2D eigenvalue weighted by Gasteiger charge is 2.10. The van der Waals surface area contributed by atoms with Gasteiger partial charge in [-0.15, -0.1) is 0 Å². The van der Waals surface area contributed by atoms with Crippen molar-refractivity contribution in [2.24, 2.45) is 0 Å². The zero-order chi connectivity index (χ0) is 18.2. The number of nitrogens with zero attached hydrogens (tertiary/aromatic N) is 1. The van der Waals surface area contributed by atoms with Gasteiger partial charge in [-0.1, -0.05) is 0 Å². The number of amides is 1. The van der Waals surface area contributed by atoms with Crippen molar-refractivity contribution in [2.45, 2.75) is 0 Å². The SMILES string of the molecule is COc1ccc(NC(=O)COc2ccc(C#N)cc2OC)cc1OC. The Kier molecular flexibility index (Phi) is 6.07. The second kappa shape index (κ2) is 8.45. The van der Waals surface area contributed by atoms with Crippen LogP contribution in [0.25, 0.3) is 0 Å². The summed E-state index contributed by atoms with van der Waals surface area (Å²) in [5.41, 5.74) is 0.997. The molecule has 0 saturated heterocycles. The molecule has 130 valence electrons. The summed E-state index contributed by atoms with van der Waals surface area (Å²) < 4.78 is 21.0. The normalized spacial score (nSPS) is 9.68. The number of anilines is 1. The number of nitrogens with one attached hydrogen (secondary N) is 1. The van der Waals surface area contributed by atoms with E-state index in [0.29, 0.717) is 34.2 Å². The lowest BCUT2D eigenvalue weighted by Crippen LogP contribution is -2.20. The average Bonchev–Trinajstić information content (AvgIpc) is 2.65. The van der Waals surface area contributed by atoms with Gasteiger partial charge in [0.15, 0.2) is 29.6 Å². The van der Waals surface area contributed by atoms with Crippen LogP contribution in [0.15, 0.2) is 36.4 Å². The molecule has 0 unspecified atom stereocenters. The van der Waals surface area contributed by atoms with Gasteiger partial charge in [0.1, 0.15) is 0 Å². The van der Waals surface area contributed by atoms with Gasteiger partial charge in [-0.25, -0.2) is 0 Å². The molecule has 0 heterocycles. The molecule has 0 aliphatic rings. The van der Waals surface area contributed by atoms with Gasteiger partial charge in [0.05, 0.1) is 33.0 Å². The zero-order valence-corrected chi connectivity index (χ0v) is 14.2. The summed E-state index contributed by atoms with van der Waals surface area (Å²) in [7, 11) is 4.52. The lowest BCUT2D eigenvalue weighted by Gasteiger charge is -2.12. The first-order valence-electron chi connectivity index (χ1n) is 7.34. The lowest BCUT2D eigenvalue weighted by molar-refractivity contribution is -0.118. The Morgan fingerprint density at radius 2 is 1.60 bits per heavy atom. The van der Waals surface area contributed by atoms with Gasteiger partial charge < -0.3 is 24.3 Å². The van der Waals surface area contributed by atoms with Gasteiger partial charge in [-0.2, -0.15) is 5.26 Å². The fourth-order valence-electron chi connectivity index (χ4n) is 2.11. The fraction of sp³-hybridized carbons (Fsp3) is 0.222. The van der Waals surface area contributed by atoms with E-state index in [0.717, 1.165) is 0 Å². The van der Waals surface area contributed by atoms with Gasteiger partial charge in [0.2, 0.25) is 0 Å². The molecule has 0 aliphatic heterocycles. The fourth-order valence-corrected chi connectivity index (χ4v) is 2.11. The van der Waals surface area contributed by atoms with Gasteiger partial charge in [-0.05, 0) is 24.3 Å². The molecule has 0 bridgehead atoms. The summed E-state index contributed by atoms with van der Waals surface area (Å²) in [5, 5.41) is 11.6. The van der Waals surface area contributed by atoms with E-state index in [9.17, 15) is 4.79 Å². The summed E-state index contributed by atoms with van der Waals surface area (Å²) in [6.45, 7) is -0.212. The monoisotopic (exact) mass is 342 g/mol. The first-order chi connectivity index (χ1) is 12.1. The van der Waals surface area contributed by atoms with E-state index in [1.807, 2.05) is 6.07 Å². The first-order valence-corrected chi connectivity index (χ1v) is 7.34. The predicted molar refractivity (Wildman–Crippen MR) is 91.4 cm³/mol. The molecule has 0 fully saturated rings. The number of ether oxygens (including phenoxy) is 4.